The molecule has 23 heavy (non-hydrogen) atoms. The minimum Gasteiger partial charge on any atom is -0.332 e. The number of non-ortho nitro benzene ring substituents is 1. The van der Waals surface area contributed by atoms with Crippen molar-refractivity contribution in [2.45, 2.75) is 6.42 Å². The zero-order valence-electron chi connectivity index (χ0n) is 11.9. The van der Waals surface area contributed by atoms with Crippen LogP contribution in [0.4, 0.5) is 16.5 Å². The van der Waals surface area contributed by atoms with Crippen molar-refractivity contribution < 1.29 is 4.92 Å². The van der Waals surface area contributed by atoms with E-state index in [9.17, 15) is 10.1 Å². The van der Waals surface area contributed by atoms with Crippen LogP contribution in [0.15, 0.2) is 59.2 Å². The molecule has 3 aromatic rings. The van der Waals surface area contributed by atoms with Crippen LogP contribution < -0.4 is 5.32 Å². The Labute approximate surface area is 145 Å². The van der Waals surface area contributed by atoms with Gasteiger partial charge in [-0.05, 0) is 29.8 Å². The third kappa shape index (κ3) is 4.14. The maximum Gasteiger partial charge on any atom is 0.269 e. The highest BCUT2D eigenvalue weighted by Crippen LogP contribution is 2.26. The van der Waals surface area contributed by atoms with Crippen LogP contribution in [0.3, 0.4) is 0 Å². The van der Waals surface area contributed by atoms with Gasteiger partial charge in [-0.3, -0.25) is 10.1 Å². The molecular formula is C16H12BrN3O2S. The molecule has 0 fully saturated rings. The minimum atomic E-state index is -0.378. The van der Waals surface area contributed by atoms with Crippen LogP contribution in [0.25, 0.3) is 0 Å². The Morgan fingerprint density at radius 2 is 2.00 bits per heavy atom. The zero-order valence-corrected chi connectivity index (χ0v) is 14.3. The predicted molar refractivity (Wildman–Crippen MR) is 95.4 cm³/mol. The first kappa shape index (κ1) is 15.6. The van der Waals surface area contributed by atoms with Crippen LogP contribution in [0, 0.1) is 10.1 Å². The molecule has 0 saturated heterocycles. The second-order valence-electron chi connectivity index (χ2n) is 4.87. The Hall–Kier alpha value is -2.25. The summed E-state index contributed by atoms with van der Waals surface area (Å²) in [6.07, 6.45) is 2.42. The molecule has 3 rings (SSSR count). The van der Waals surface area contributed by atoms with Gasteiger partial charge < -0.3 is 5.32 Å². The van der Waals surface area contributed by atoms with Gasteiger partial charge in [0.25, 0.3) is 5.69 Å². The second kappa shape index (κ2) is 6.89. The van der Waals surface area contributed by atoms with Gasteiger partial charge in [-0.15, -0.1) is 11.3 Å². The molecule has 0 aliphatic rings. The van der Waals surface area contributed by atoms with Gasteiger partial charge in [-0.1, -0.05) is 28.1 Å². The summed E-state index contributed by atoms with van der Waals surface area (Å²) in [6, 6.07) is 14.5. The summed E-state index contributed by atoms with van der Waals surface area (Å²) in [5.41, 5.74) is 1.97. The van der Waals surface area contributed by atoms with Gasteiger partial charge in [0.1, 0.15) is 0 Å². The van der Waals surface area contributed by atoms with E-state index in [1.807, 2.05) is 30.3 Å². The molecule has 7 heteroatoms. The average molecular weight is 390 g/mol. The Morgan fingerprint density at radius 3 is 2.74 bits per heavy atom. The van der Waals surface area contributed by atoms with Crippen LogP contribution in [0.5, 0.6) is 0 Å². The molecule has 0 unspecified atom stereocenters. The number of rotatable bonds is 5. The van der Waals surface area contributed by atoms with Gasteiger partial charge in [0.2, 0.25) is 0 Å². The fourth-order valence-electron chi connectivity index (χ4n) is 2.08. The van der Waals surface area contributed by atoms with Gasteiger partial charge >= 0.3 is 0 Å². The third-order valence-corrected chi connectivity index (χ3v) is 4.59. The lowest BCUT2D eigenvalue weighted by Crippen LogP contribution is -1.90. The first-order chi connectivity index (χ1) is 11.1. The molecular weight excluding hydrogens is 378 g/mol. The van der Waals surface area contributed by atoms with Crippen molar-refractivity contribution in [1.82, 2.24) is 4.98 Å². The molecule has 0 aliphatic heterocycles. The van der Waals surface area contributed by atoms with Crippen LogP contribution >= 0.6 is 27.3 Å². The van der Waals surface area contributed by atoms with Crippen LogP contribution in [-0.4, -0.2) is 9.91 Å². The molecule has 0 saturated carbocycles. The Bertz CT molecular complexity index is 833. The number of aromatic nitrogens is 1. The van der Waals surface area contributed by atoms with Crippen LogP contribution in [0.2, 0.25) is 0 Å². The fraction of sp³-hybridized carbons (Fsp3) is 0.0625. The maximum absolute atomic E-state index is 10.8. The first-order valence-electron chi connectivity index (χ1n) is 6.81. The van der Waals surface area contributed by atoms with E-state index in [2.05, 4.69) is 26.2 Å². The van der Waals surface area contributed by atoms with Gasteiger partial charge in [-0.2, -0.15) is 0 Å². The SMILES string of the molecule is O=[N+]([O-])c1cccc(Cc2cnc(Nc3ccc(Br)cc3)s2)c1. The number of halogens is 1. The van der Waals surface area contributed by atoms with E-state index in [-0.39, 0.29) is 10.6 Å². The Morgan fingerprint density at radius 1 is 1.22 bits per heavy atom. The zero-order chi connectivity index (χ0) is 16.2. The number of nitro groups is 1. The summed E-state index contributed by atoms with van der Waals surface area (Å²) in [6.45, 7) is 0. The van der Waals surface area contributed by atoms with E-state index < -0.39 is 0 Å². The van der Waals surface area contributed by atoms with Crippen molar-refractivity contribution >= 4 is 43.8 Å². The minimum absolute atomic E-state index is 0.111. The summed E-state index contributed by atoms with van der Waals surface area (Å²) in [5.74, 6) is 0. The monoisotopic (exact) mass is 389 g/mol. The molecule has 5 nitrogen and oxygen atoms in total. The van der Waals surface area contributed by atoms with Crippen molar-refractivity contribution in [1.29, 1.82) is 0 Å². The maximum atomic E-state index is 10.8. The summed E-state index contributed by atoms with van der Waals surface area (Å²) in [7, 11) is 0. The fourth-order valence-corrected chi connectivity index (χ4v) is 3.22. The highest BCUT2D eigenvalue weighted by atomic mass is 79.9. The molecule has 0 aliphatic carbocycles. The molecule has 0 bridgehead atoms. The van der Waals surface area contributed by atoms with Crippen molar-refractivity contribution in [2.75, 3.05) is 5.32 Å². The molecule has 0 radical (unpaired) electrons. The lowest BCUT2D eigenvalue weighted by molar-refractivity contribution is -0.384. The molecule has 0 amide bonds. The van der Waals surface area contributed by atoms with Crippen molar-refractivity contribution in [3.8, 4) is 0 Å². The van der Waals surface area contributed by atoms with Crippen molar-refractivity contribution in [3.63, 3.8) is 0 Å². The van der Waals surface area contributed by atoms with E-state index in [1.54, 1.807) is 18.3 Å². The van der Waals surface area contributed by atoms with E-state index in [4.69, 9.17) is 0 Å². The molecule has 2 aromatic carbocycles. The lowest BCUT2D eigenvalue weighted by atomic mass is 10.1. The highest BCUT2D eigenvalue weighted by Gasteiger charge is 2.08. The number of nitrogens with one attached hydrogen (secondary N) is 1. The normalized spacial score (nSPS) is 10.5. The number of nitro benzene ring substituents is 1. The highest BCUT2D eigenvalue weighted by molar-refractivity contribution is 9.10. The second-order valence-corrected chi connectivity index (χ2v) is 6.90. The number of hydrogen-bond acceptors (Lipinski definition) is 5. The summed E-state index contributed by atoms with van der Waals surface area (Å²) in [5, 5.41) is 14.9. The summed E-state index contributed by atoms with van der Waals surface area (Å²) in [4.78, 5) is 15.8. The summed E-state index contributed by atoms with van der Waals surface area (Å²) < 4.78 is 1.02. The van der Waals surface area contributed by atoms with Gasteiger partial charge in [0, 0.05) is 39.8 Å². The number of nitrogens with zero attached hydrogens (tertiary/aromatic N) is 2. The van der Waals surface area contributed by atoms with Crippen molar-refractivity contribution in [2.24, 2.45) is 0 Å². The van der Waals surface area contributed by atoms with Gasteiger partial charge in [0.05, 0.1) is 4.92 Å². The van der Waals surface area contributed by atoms with E-state index in [0.29, 0.717) is 6.42 Å². The smallest absolute Gasteiger partial charge is 0.269 e. The number of benzene rings is 2. The lowest BCUT2D eigenvalue weighted by Gasteiger charge is -2.02. The van der Waals surface area contributed by atoms with E-state index >= 15 is 0 Å². The molecule has 0 atom stereocenters. The topological polar surface area (TPSA) is 68.1 Å². The van der Waals surface area contributed by atoms with Crippen LogP contribution in [0.1, 0.15) is 10.4 Å². The van der Waals surface area contributed by atoms with Gasteiger partial charge in [0.15, 0.2) is 5.13 Å². The van der Waals surface area contributed by atoms with Gasteiger partial charge in [-0.25, -0.2) is 4.98 Å². The van der Waals surface area contributed by atoms with E-state index in [0.717, 1.165) is 25.7 Å². The standard InChI is InChI=1S/C16H12BrN3O2S/c17-12-4-6-13(7-5-12)19-16-18-10-15(23-16)9-11-2-1-3-14(8-11)20(21)22/h1-8,10H,9H2,(H,18,19). The van der Waals surface area contributed by atoms with E-state index in [1.165, 1.54) is 17.4 Å². The summed E-state index contributed by atoms with van der Waals surface area (Å²) >= 11 is 4.94. The quantitative estimate of drug-likeness (QED) is 0.483. The number of hydrogen-bond donors (Lipinski definition) is 1. The van der Waals surface area contributed by atoms with Crippen LogP contribution in [-0.2, 0) is 6.42 Å². The Balaban J connectivity index is 1.71. The number of anilines is 2. The molecule has 1 heterocycles. The molecule has 1 aromatic heterocycles. The average Bonchev–Trinajstić information content (AvgIpc) is 2.97. The third-order valence-electron chi connectivity index (χ3n) is 3.15. The first-order valence-corrected chi connectivity index (χ1v) is 8.42. The predicted octanol–water partition coefficient (Wildman–Crippen LogP) is 5.15. The molecule has 0 spiro atoms. The molecule has 116 valence electrons. The number of thiazole rings is 1. The largest absolute Gasteiger partial charge is 0.332 e. The Kier molecular flexibility index (Phi) is 4.68. The van der Waals surface area contributed by atoms with Crippen molar-refractivity contribution in [3.05, 3.63) is 79.8 Å². The molecule has 1 N–H and O–H groups in total.